The molecule has 1 saturated heterocycles. The van der Waals surface area contributed by atoms with Gasteiger partial charge in [0, 0.05) is 5.92 Å². The van der Waals surface area contributed by atoms with Crippen LogP contribution >= 0.6 is 0 Å². The first-order valence-electron chi connectivity index (χ1n) is 3.65. The zero-order valence-electron chi connectivity index (χ0n) is 5.62. The molecule has 56 valence electrons. The molecule has 10 heavy (non-hydrogen) atoms. The minimum Gasteiger partial charge on any atom is -0.459 e. The van der Waals surface area contributed by atoms with E-state index in [2.05, 4.69) is 0 Å². The van der Waals surface area contributed by atoms with Gasteiger partial charge >= 0.3 is 5.97 Å². The first-order chi connectivity index (χ1) is 4.77. The molecule has 1 heterocycles. The van der Waals surface area contributed by atoms with E-state index in [1.165, 1.54) is 0 Å². The molecule has 1 aliphatic heterocycles. The molecule has 3 nitrogen and oxygen atoms in total. The fourth-order valence-corrected chi connectivity index (χ4v) is 1.83. The second-order valence-corrected chi connectivity index (χ2v) is 3.06. The molecule has 3 heteroatoms. The van der Waals surface area contributed by atoms with E-state index in [4.69, 9.17) is 4.74 Å². The number of carbonyl (C=O) groups excluding carboxylic acids is 1. The van der Waals surface area contributed by atoms with E-state index in [-0.39, 0.29) is 12.1 Å². The molecule has 1 N–H and O–H groups in total. The van der Waals surface area contributed by atoms with Crippen molar-refractivity contribution in [2.45, 2.75) is 31.5 Å². The Morgan fingerprint density at radius 2 is 2.30 bits per heavy atom. The van der Waals surface area contributed by atoms with Crippen molar-refractivity contribution < 1.29 is 14.6 Å². The first-order valence-corrected chi connectivity index (χ1v) is 3.65. The van der Waals surface area contributed by atoms with Gasteiger partial charge in [0.2, 0.25) is 0 Å². The van der Waals surface area contributed by atoms with Crippen LogP contribution in [0.1, 0.15) is 19.3 Å². The van der Waals surface area contributed by atoms with Gasteiger partial charge in [-0.05, 0) is 12.8 Å². The van der Waals surface area contributed by atoms with Crippen LogP contribution in [-0.4, -0.2) is 23.3 Å². The lowest BCUT2D eigenvalue weighted by Gasteiger charge is -2.10. The number of esters is 1. The maximum atomic E-state index is 10.7. The minimum atomic E-state index is -0.392. The highest BCUT2D eigenvalue weighted by atomic mass is 16.6. The van der Waals surface area contributed by atoms with Gasteiger partial charge in [0.05, 0.1) is 12.5 Å². The Morgan fingerprint density at radius 1 is 1.50 bits per heavy atom. The Balaban J connectivity index is 2.12. The average Bonchev–Trinajstić information content (AvgIpc) is 2.35. The highest BCUT2D eigenvalue weighted by Gasteiger charge is 2.43. The number of aliphatic hydroxyl groups is 1. The van der Waals surface area contributed by atoms with Crippen molar-refractivity contribution in [1.82, 2.24) is 0 Å². The van der Waals surface area contributed by atoms with Gasteiger partial charge < -0.3 is 9.84 Å². The molecule has 1 saturated carbocycles. The maximum absolute atomic E-state index is 10.7. The van der Waals surface area contributed by atoms with Crippen molar-refractivity contribution in [3.8, 4) is 0 Å². The zero-order chi connectivity index (χ0) is 7.14. The van der Waals surface area contributed by atoms with Crippen LogP contribution in [0.5, 0.6) is 0 Å². The molecule has 0 aromatic carbocycles. The summed E-state index contributed by atoms with van der Waals surface area (Å²) < 4.78 is 4.91. The molecule has 0 spiro atoms. The lowest BCUT2D eigenvalue weighted by molar-refractivity contribution is -0.144. The Morgan fingerprint density at radius 3 is 3.00 bits per heavy atom. The summed E-state index contributed by atoms with van der Waals surface area (Å²) in [4.78, 5) is 10.7. The van der Waals surface area contributed by atoms with Crippen LogP contribution in [0.4, 0.5) is 0 Å². The number of hydrogen-bond donors (Lipinski definition) is 1. The number of rotatable bonds is 0. The molecule has 0 radical (unpaired) electrons. The normalized spacial score (nSPS) is 45.3. The summed E-state index contributed by atoms with van der Waals surface area (Å²) in [5.74, 6) is 0.163. The third kappa shape index (κ3) is 0.736. The third-order valence-electron chi connectivity index (χ3n) is 2.37. The van der Waals surface area contributed by atoms with E-state index >= 15 is 0 Å². The van der Waals surface area contributed by atoms with Gasteiger partial charge in [0.1, 0.15) is 6.10 Å². The van der Waals surface area contributed by atoms with Gasteiger partial charge in [-0.3, -0.25) is 4.79 Å². The van der Waals surface area contributed by atoms with Crippen molar-refractivity contribution in [2.75, 3.05) is 0 Å². The van der Waals surface area contributed by atoms with Crippen LogP contribution in [0.2, 0.25) is 0 Å². The summed E-state index contributed by atoms with van der Waals surface area (Å²) in [5, 5.41) is 9.24. The number of hydrogen-bond acceptors (Lipinski definition) is 3. The standard InChI is InChI=1S/C7H10O3/c8-5-2-1-4-3-6(9)10-7(4)5/h4-5,7-8H,1-3H2/t4-,5+,7+/m0/s1. The lowest BCUT2D eigenvalue weighted by Crippen LogP contribution is -2.23. The Hall–Kier alpha value is -0.570. The molecule has 1 aliphatic carbocycles. The van der Waals surface area contributed by atoms with Gasteiger partial charge in [-0.1, -0.05) is 0 Å². The van der Waals surface area contributed by atoms with E-state index in [0.717, 1.165) is 12.8 Å². The molecule has 0 amide bonds. The van der Waals surface area contributed by atoms with Crippen LogP contribution in [-0.2, 0) is 9.53 Å². The lowest BCUT2D eigenvalue weighted by atomic mass is 10.1. The smallest absolute Gasteiger partial charge is 0.306 e. The number of fused-ring (bicyclic) bond motifs is 1. The molecule has 0 unspecified atom stereocenters. The van der Waals surface area contributed by atoms with Gasteiger partial charge in [-0.2, -0.15) is 0 Å². The minimum absolute atomic E-state index is 0.145. The van der Waals surface area contributed by atoms with E-state index in [1.54, 1.807) is 0 Å². The molecule has 0 bridgehead atoms. The van der Waals surface area contributed by atoms with Crippen LogP contribution in [0, 0.1) is 5.92 Å². The summed E-state index contributed by atoms with van der Waals surface area (Å²) in [5.41, 5.74) is 0. The molecule has 2 rings (SSSR count). The van der Waals surface area contributed by atoms with E-state index in [0.29, 0.717) is 12.3 Å². The molecule has 3 atom stereocenters. The molecule has 0 aromatic heterocycles. The topological polar surface area (TPSA) is 46.5 Å². The van der Waals surface area contributed by atoms with Crippen LogP contribution in [0.15, 0.2) is 0 Å². The summed E-state index contributed by atoms with van der Waals surface area (Å²) in [6, 6.07) is 0. The van der Waals surface area contributed by atoms with Gasteiger partial charge in [0.25, 0.3) is 0 Å². The predicted molar refractivity (Wildman–Crippen MR) is 33.2 cm³/mol. The Labute approximate surface area is 59.0 Å². The Kier molecular flexibility index (Phi) is 1.20. The van der Waals surface area contributed by atoms with E-state index in [1.807, 2.05) is 0 Å². The number of carbonyl (C=O) groups is 1. The summed E-state index contributed by atoms with van der Waals surface area (Å²) >= 11 is 0. The predicted octanol–water partition coefficient (Wildman–Crippen LogP) is 0.0728. The van der Waals surface area contributed by atoms with Crippen molar-refractivity contribution >= 4 is 5.97 Å². The van der Waals surface area contributed by atoms with E-state index in [9.17, 15) is 9.90 Å². The van der Waals surface area contributed by atoms with Gasteiger partial charge in [0.15, 0.2) is 0 Å². The zero-order valence-corrected chi connectivity index (χ0v) is 5.62. The monoisotopic (exact) mass is 142 g/mol. The third-order valence-corrected chi connectivity index (χ3v) is 2.37. The largest absolute Gasteiger partial charge is 0.459 e. The second-order valence-electron chi connectivity index (χ2n) is 3.06. The quantitative estimate of drug-likeness (QED) is 0.487. The van der Waals surface area contributed by atoms with Crippen molar-refractivity contribution in [3.05, 3.63) is 0 Å². The molecular weight excluding hydrogens is 132 g/mol. The Bertz CT molecular complexity index is 166. The molecule has 2 aliphatic rings. The summed E-state index contributed by atoms with van der Waals surface area (Å²) in [7, 11) is 0. The van der Waals surface area contributed by atoms with Crippen LogP contribution in [0.3, 0.4) is 0 Å². The van der Waals surface area contributed by atoms with Gasteiger partial charge in [-0.15, -0.1) is 0 Å². The second kappa shape index (κ2) is 1.95. The SMILES string of the molecule is O=C1C[C@@H]2CC[C@@H](O)[C@@H]2O1. The maximum Gasteiger partial charge on any atom is 0.306 e. The van der Waals surface area contributed by atoms with Crippen molar-refractivity contribution in [3.63, 3.8) is 0 Å². The fraction of sp³-hybridized carbons (Fsp3) is 0.857. The summed E-state index contributed by atoms with van der Waals surface area (Å²) in [6.07, 6.45) is 1.69. The van der Waals surface area contributed by atoms with Gasteiger partial charge in [-0.25, -0.2) is 0 Å². The van der Waals surface area contributed by atoms with Crippen molar-refractivity contribution in [2.24, 2.45) is 5.92 Å². The highest BCUT2D eigenvalue weighted by Crippen LogP contribution is 2.36. The molecule has 0 aromatic rings. The first kappa shape index (κ1) is 6.16. The fourth-order valence-electron chi connectivity index (χ4n) is 1.83. The highest BCUT2D eigenvalue weighted by molar-refractivity contribution is 5.72. The molecule has 2 fully saturated rings. The molecular formula is C7H10O3. The summed E-state index contributed by atoms with van der Waals surface area (Å²) in [6.45, 7) is 0. The van der Waals surface area contributed by atoms with Crippen LogP contribution in [0.25, 0.3) is 0 Å². The average molecular weight is 142 g/mol. The number of aliphatic hydroxyl groups excluding tert-OH is 1. The number of ether oxygens (including phenoxy) is 1. The van der Waals surface area contributed by atoms with Crippen LogP contribution < -0.4 is 0 Å². The van der Waals surface area contributed by atoms with E-state index < -0.39 is 6.10 Å². The van der Waals surface area contributed by atoms with Crippen molar-refractivity contribution in [1.29, 1.82) is 0 Å².